The Morgan fingerprint density at radius 1 is 1.38 bits per heavy atom. The van der Waals surface area contributed by atoms with Crippen molar-refractivity contribution >= 4 is 23.3 Å². The van der Waals surface area contributed by atoms with Crippen LogP contribution in [0.3, 0.4) is 0 Å². The second-order valence-corrected chi connectivity index (χ2v) is 2.88. The quantitative estimate of drug-likeness (QED) is 0.438. The second kappa shape index (κ2) is 4.39. The molecule has 0 aromatic heterocycles. The number of rotatable bonds is 2. The Hall–Kier alpha value is -1.66. The number of nitriles is 1. The van der Waals surface area contributed by atoms with Crippen LogP contribution >= 0.6 is 12.2 Å². The first-order chi connectivity index (χ1) is 6.24. The zero-order chi connectivity index (χ0) is 9.68. The first-order valence-electron chi connectivity index (χ1n) is 3.70. The molecule has 0 amide bonds. The predicted molar refractivity (Wildman–Crippen MR) is 56.8 cm³/mol. The van der Waals surface area contributed by atoms with Crippen LogP contribution in [0.25, 0.3) is 6.08 Å². The Morgan fingerprint density at radius 3 is 2.46 bits per heavy atom. The van der Waals surface area contributed by atoms with Crippen LogP contribution in [-0.4, -0.2) is 4.99 Å². The zero-order valence-corrected chi connectivity index (χ0v) is 7.71. The largest absolute Gasteiger partial charge is 0.389 e. The van der Waals surface area contributed by atoms with Crippen molar-refractivity contribution < 1.29 is 0 Å². The molecule has 0 heterocycles. The van der Waals surface area contributed by atoms with Crippen molar-refractivity contribution in [1.82, 2.24) is 0 Å². The lowest BCUT2D eigenvalue weighted by Gasteiger charge is -1.94. The average Bonchev–Trinajstić information content (AvgIpc) is 2.15. The molecule has 0 aliphatic heterocycles. The molecular weight excluding hydrogens is 180 g/mol. The maximum atomic E-state index is 8.67. The van der Waals surface area contributed by atoms with Crippen molar-refractivity contribution in [2.24, 2.45) is 5.73 Å². The third-order valence-corrected chi connectivity index (χ3v) is 1.72. The second-order valence-electron chi connectivity index (χ2n) is 2.44. The maximum absolute atomic E-state index is 8.67. The molecule has 0 atom stereocenters. The van der Waals surface area contributed by atoms with Gasteiger partial charge in [0.1, 0.15) is 11.1 Å². The number of hydrogen-bond acceptors (Lipinski definition) is 2. The summed E-state index contributed by atoms with van der Waals surface area (Å²) in [5.41, 5.74) is 6.59. The van der Waals surface area contributed by atoms with Gasteiger partial charge < -0.3 is 5.73 Å². The molecule has 1 rings (SSSR count). The zero-order valence-electron chi connectivity index (χ0n) is 6.90. The van der Waals surface area contributed by atoms with Gasteiger partial charge in [-0.05, 0) is 11.6 Å². The smallest absolute Gasteiger partial charge is 0.114 e. The SMILES string of the molecule is N#C/C(=C\c1ccccc1)C(N)=S. The van der Waals surface area contributed by atoms with Gasteiger partial charge in [0.05, 0.1) is 5.57 Å². The van der Waals surface area contributed by atoms with E-state index in [9.17, 15) is 0 Å². The lowest BCUT2D eigenvalue weighted by atomic mass is 10.1. The van der Waals surface area contributed by atoms with E-state index in [4.69, 9.17) is 23.2 Å². The molecule has 3 heteroatoms. The van der Waals surface area contributed by atoms with Crippen LogP contribution in [0.2, 0.25) is 0 Å². The van der Waals surface area contributed by atoms with E-state index in [-0.39, 0.29) is 4.99 Å². The Balaban J connectivity index is 3.01. The molecule has 0 bridgehead atoms. The van der Waals surface area contributed by atoms with Crippen LogP contribution < -0.4 is 5.73 Å². The Kier molecular flexibility index (Phi) is 3.18. The highest BCUT2D eigenvalue weighted by molar-refractivity contribution is 7.80. The summed E-state index contributed by atoms with van der Waals surface area (Å²) in [6.45, 7) is 0. The fraction of sp³-hybridized carbons (Fsp3) is 0. The molecule has 0 radical (unpaired) electrons. The van der Waals surface area contributed by atoms with Crippen LogP contribution in [0, 0.1) is 11.3 Å². The van der Waals surface area contributed by atoms with E-state index in [1.54, 1.807) is 6.08 Å². The summed E-state index contributed by atoms with van der Waals surface area (Å²) in [5.74, 6) is 0. The highest BCUT2D eigenvalue weighted by Gasteiger charge is 1.97. The minimum Gasteiger partial charge on any atom is -0.389 e. The first-order valence-corrected chi connectivity index (χ1v) is 4.11. The van der Waals surface area contributed by atoms with E-state index in [1.807, 2.05) is 36.4 Å². The molecule has 0 aliphatic carbocycles. The molecule has 2 N–H and O–H groups in total. The fourth-order valence-corrected chi connectivity index (χ4v) is 0.979. The van der Waals surface area contributed by atoms with E-state index in [2.05, 4.69) is 0 Å². The van der Waals surface area contributed by atoms with Gasteiger partial charge in [-0.1, -0.05) is 42.5 Å². The number of nitrogens with zero attached hydrogens (tertiary/aromatic N) is 1. The van der Waals surface area contributed by atoms with E-state index in [0.717, 1.165) is 5.56 Å². The van der Waals surface area contributed by atoms with E-state index in [1.165, 1.54) is 0 Å². The monoisotopic (exact) mass is 188 g/mol. The van der Waals surface area contributed by atoms with Gasteiger partial charge in [0.25, 0.3) is 0 Å². The molecule has 0 spiro atoms. The molecule has 0 fully saturated rings. The first kappa shape index (κ1) is 9.43. The number of hydrogen-bond donors (Lipinski definition) is 1. The highest BCUT2D eigenvalue weighted by atomic mass is 32.1. The van der Waals surface area contributed by atoms with E-state index < -0.39 is 0 Å². The maximum Gasteiger partial charge on any atom is 0.114 e. The molecule has 2 nitrogen and oxygen atoms in total. The summed E-state index contributed by atoms with van der Waals surface area (Å²) in [5, 5.41) is 8.67. The summed E-state index contributed by atoms with van der Waals surface area (Å²) >= 11 is 4.70. The lowest BCUT2D eigenvalue weighted by Crippen LogP contribution is -2.09. The van der Waals surface area contributed by atoms with Gasteiger partial charge in [-0.2, -0.15) is 5.26 Å². The van der Waals surface area contributed by atoms with E-state index in [0.29, 0.717) is 5.57 Å². The predicted octanol–water partition coefficient (Wildman–Crippen LogP) is 1.88. The van der Waals surface area contributed by atoms with Crippen molar-refractivity contribution in [2.45, 2.75) is 0 Å². The normalized spacial score (nSPS) is 10.5. The fourth-order valence-electron chi connectivity index (χ4n) is 0.874. The Morgan fingerprint density at radius 2 is 2.00 bits per heavy atom. The molecule has 13 heavy (non-hydrogen) atoms. The van der Waals surface area contributed by atoms with Crippen LogP contribution in [0.4, 0.5) is 0 Å². The third-order valence-electron chi connectivity index (χ3n) is 1.50. The van der Waals surface area contributed by atoms with Crippen LogP contribution in [0.15, 0.2) is 35.9 Å². The third kappa shape index (κ3) is 2.69. The summed E-state index contributed by atoms with van der Waals surface area (Å²) in [6.07, 6.45) is 1.67. The topological polar surface area (TPSA) is 49.8 Å². The molecule has 1 aromatic carbocycles. The summed E-state index contributed by atoms with van der Waals surface area (Å²) in [7, 11) is 0. The molecule has 0 saturated heterocycles. The molecule has 0 aliphatic rings. The number of thiocarbonyl (C=S) groups is 1. The standard InChI is InChI=1S/C10H8N2S/c11-7-9(10(12)13)6-8-4-2-1-3-5-8/h1-6H,(H2,12,13)/b9-6+. The van der Waals surface area contributed by atoms with Crippen LogP contribution in [-0.2, 0) is 0 Å². The summed E-state index contributed by atoms with van der Waals surface area (Å²) in [4.78, 5) is 0.131. The summed E-state index contributed by atoms with van der Waals surface area (Å²) < 4.78 is 0. The van der Waals surface area contributed by atoms with Crippen molar-refractivity contribution in [3.8, 4) is 6.07 Å². The average molecular weight is 188 g/mol. The summed E-state index contributed by atoms with van der Waals surface area (Å²) in [6, 6.07) is 11.4. The molecule has 0 unspecified atom stereocenters. The van der Waals surface area contributed by atoms with Gasteiger partial charge in [0.15, 0.2) is 0 Å². The Labute approximate surface area is 82.3 Å². The van der Waals surface area contributed by atoms with Crippen molar-refractivity contribution in [3.05, 3.63) is 41.5 Å². The van der Waals surface area contributed by atoms with Gasteiger partial charge in [0.2, 0.25) is 0 Å². The molecule has 0 saturated carbocycles. The van der Waals surface area contributed by atoms with Crippen molar-refractivity contribution in [1.29, 1.82) is 5.26 Å². The highest BCUT2D eigenvalue weighted by Crippen LogP contribution is 2.05. The van der Waals surface area contributed by atoms with Crippen molar-refractivity contribution in [2.75, 3.05) is 0 Å². The van der Waals surface area contributed by atoms with Gasteiger partial charge in [-0.25, -0.2) is 0 Å². The minimum absolute atomic E-state index is 0.131. The Bertz CT molecular complexity index is 374. The minimum atomic E-state index is 0.131. The molecule has 64 valence electrons. The van der Waals surface area contributed by atoms with Gasteiger partial charge in [0, 0.05) is 0 Å². The van der Waals surface area contributed by atoms with Gasteiger partial charge >= 0.3 is 0 Å². The molecule has 1 aromatic rings. The number of benzene rings is 1. The van der Waals surface area contributed by atoms with Crippen LogP contribution in [0.1, 0.15) is 5.56 Å². The lowest BCUT2D eigenvalue weighted by molar-refractivity contribution is 1.51. The van der Waals surface area contributed by atoms with Gasteiger partial charge in [-0.15, -0.1) is 0 Å². The van der Waals surface area contributed by atoms with E-state index >= 15 is 0 Å². The van der Waals surface area contributed by atoms with Crippen molar-refractivity contribution in [3.63, 3.8) is 0 Å². The number of nitrogens with two attached hydrogens (primary N) is 1. The van der Waals surface area contributed by atoms with Gasteiger partial charge in [-0.3, -0.25) is 0 Å². The molecular formula is C10H8N2S. The van der Waals surface area contributed by atoms with Crippen LogP contribution in [0.5, 0.6) is 0 Å².